The first-order valence-corrected chi connectivity index (χ1v) is 7.36. The van der Waals surface area contributed by atoms with Crippen LogP contribution in [-0.2, 0) is 6.42 Å². The van der Waals surface area contributed by atoms with Crippen LogP contribution >= 0.6 is 11.6 Å². The van der Waals surface area contributed by atoms with Gasteiger partial charge in [0, 0.05) is 22.6 Å². The van der Waals surface area contributed by atoms with Crippen LogP contribution in [0.4, 0.5) is 0 Å². The molecular formula is C17H20ClNO. The van der Waals surface area contributed by atoms with Gasteiger partial charge in [0.15, 0.2) is 5.78 Å². The van der Waals surface area contributed by atoms with Crippen LogP contribution in [0.15, 0.2) is 30.3 Å². The number of halogens is 1. The predicted molar refractivity (Wildman–Crippen MR) is 84.3 cm³/mol. The Kier molecular flexibility index (Phi) is 4.34. The summed E-state index contributed by atoms with van der Waals surface area (Å²) in [5.41, 5.74) is 5.10. The van der Waals surface area contributed by atoms with E-state index in [-0.39, 0.29) is 5.78 Å². The van der Waals surface area contributed by atoms with E-state index in [1.807, 2.05) is 19.9 Å². The first-order valence-electron chi connectivity index (χ1n) is 6.92. The van der Waals surface area contributed by atoms with E-state index in [1.54, 1.807) is 6.92 Å². The van der Waals surface area contributed by atoms with Crippen molar-refractivity contribution in [1.82, 2.24) is 4.57 Å². The zero-order chi connectivity index (χ0) is 14.9. The topological polar surface area (TPSA) is 22.0 Å². The van der Waals surface area contributed by atoms with Crippen molar-refractivity contribution in [3.05, 3.63) is 52.8 Å². The van der Waals surface area contributed by atoms with Crippen molar-refractivity contribution in [3.63, 3.8) is 0 Å². The average Bonchev–Trinajstić information content (AvgIpc) is 2.73. The van der Waals surface area contributed by atoms with E-state index in [0.717, 1.165) is 23.5 Å². The minimum atomic E-state index is -0.495. The van der Waals surface area contributed by atoms with Gasteiger partial charge in [-0.15, -0.1) is 11.6 Å². The SMILES string of the molecule is CCc1cccc(-n2c(C)cc(C(=O)C(C)Cl)c2C)c1. The maximum atomic E-state index is 12.1. The van der Waals surface area contributed by atoms with E-state index in [2.05, 4.69) is 35.8 Å². The van der Waals surface area contributed by atoms with Gasteiger partial charge < -0.3 is 4.57 Å². The van der Waals surface area contributed by atoms with Crippen LogP contribution in [0.1, 0.15) is 41.2 Å². The van der Waals surface area contributed by atoms with Crippen molar-refractivity contribution in [2.24, 2.45) is 0 Å². The fourth-order valence-corrected chi connectivity index (χ4v) is 2.66. The maximum absolute atomic E-state index is 12.1. The second-order valence-corrected chi connectivity index (χ2v) is 5.78. The summed E-state index contributed by atoms with van der Waals surface area (Å²) in [6.45, 7) is 7.84. The van der Waals surface area contributed by atoms with Crippen molar-refractivity contribution in [2.75, 3.05) is 0 Å². The number of nitrogens with zero attached hydrogens (tertiary/aromatic N) is 1. The van der Waals surface area contributed by atoms with Gasteiger partial charge in [0.25, 0.3) is 0 Å². The Morgan fingerprint density at radius 3 is 2.60 bits per heavy atom. The Hall–Kier alpha value is -1.54. The van der Waals surface area contributed by atoms with Gasteiger partial charge in [0.05, 0.1) is 5.38 Å². The monoisotopic (exact) mass is 289 g/mol. The number of carbonyl (C=O) groups excluding carboxylic acids is 1. The summed E-state index contributed by atoms with van der Waals surface area (Å²) in [5.74, 6) is -0.0161. The second kappa shape index (κ2) is 5.84. The number of Topliss-reactive ketones (excluding diaryl/α,β-unsaturated/α-hetero) is 1. The van der Waals surface area contributed by atoms with Gasteiger partial charge >= 0.3 is 0 Å². The van der Waals surface area contributed by atoms with Gasteiger partial charge in [-0.05, 0) is 51.0 Å². The van der Waals surface area contributed by atoms with Crippen LogP contribution in [0.3, 0.4) is 0 Å². The summed E-state index contributed by atoms with van der Waals surface area (Å²) < 4.78 is 2.12. The normalized spacial score (nSPS) is 12.4. The number of hydrogen-bond donors (Lipinski definition) is 0. The molecule has 0 spiro atoms. The smallest absolute Gasteiger partial charge is 0.182 e. The van der Waals surface area contributed by atoms with E-state index < -0.39 is 5.38 Å². The van der Waals surface area contributed by atoms with E-state index in [9.17, 15) is 4.79 Å². The molecule has 20 heavy (non-hydrogen) atoms. The van der Waals surface area contributed by atoms with Crippen LogP contribution in [0.5, 0.6) is 0 Å². The number of rotatable bonds is 4. The molecule has 0 aliphatic heterocycles. The minimum absolute atomic E-state index is 0.0161. The van der Waals surface area contributed by atoms with Crippen molar-refractivity contribution < 1.29 is 4.79 Å². The minimum Gasteiger partial charge on any atom is -0.318 e. The maximum Gasteiger partial charge on any atom is 0.182 e. The highest BCUT2D eigenvalue weighted by Crippen LogP contribution is 2.23. The zero-order valence-electron chi connectivity index (χ0n) is 12.4. The Morgan fingerprint density at radius 2 is 2.00 bits per heavy atom. The van der Waals surface area contributed by atoms with Crippen molar-refractivity contribution in [1.29, 1.82) is 0 Å². The first-order chi connectivity index (χ1) is 9.45. The summed E-state index contributed by atoms with van der Waals surface area (Å²) in [6, 6.07) is 10.3. The number of alkyl halides is 1. The molecule has 0 aliphatic carbocycles. The molecule has 0 radical (unpaired) electrons. The molecule has 0 saturated carbocycles. The quantitative estimate of drug-likeness (QED) is 0.601. The molecular weight excluding hydrogens is 270 g/mol. The first kappa shape index (κ1) is 14.9. The molecule has 1 aromatic carbocycles. The lowest BCUT2D eigenvalue weighted by molar-refractivity contribution is 0.0991. The molecule has 0 N–H and O–H groups in total. The molecule has 1 heterocycles. The van der Waals surface area contributed by atoms with Gasteiger partial charge in [-0.25, -0.2) is 0 Å². The molecule has 0 aliphatic rings. The summed E-state index contributed by atoms with van der Waals surface area (Å²) in [4.78, 5) is 12.1. The van der Waals surface area contributed by atoms with Gasteiger partial charge in [-0.3, -0.25) is 4.79 Å². The van der Waals surface area contributed by atoms with Gasteiger partial charge in [0.1, 0.15) is 0 Å². The average molecular weight is 290 g/mol. The lowest BCUT2D eigenvalue weighted by Crippen LogP contribution is -2.11. The molecule has 2 rings (SSSR count). The number of hydrogen-bond acceptors (Lipinski definition) is 1. The third kappa shape index (κ3) is 2.66. The molecule has 1 unspecified atom stereocenters. The van der Waals surface area contributed by atoms with Gasteiger partial charge in [-0.1, -0.05) is 19.1 Å². The lowest BCUT2D eigenvalue weighted by Gasteiger charge is -2.11. The number of aromatic nitrogens is 1. The number of aryl methyl sites for hydroxylation is 2. The van der Waals surface area contributed by atoms with E-state index >= 15 is 0 Å². The standard InChI is InChI=1S/C17H20ClNO/c1-5-14-7-6-8-15(10-14)19-11(2)9-16(13(19)4)17(20)12(3)18/h6-10,12H,5H2,1-4H3. The molecule has 1 atom stereocenters. The van der Waals surface area contributed by atoms with Crippen molar-refractivity contribution in [2.45, 2.75) is 39.5 Å². The van der Waals surface area contributed by atoms with E-state index in [0.29, 0.717) is 5.56 Å². The Balaban J connectivity index is 2.55. The largest absolute Gasteiger partial charge is 0.318 e. The lowest BCUT2D eigenvalue weighted by atomic mass is 10.1. The van der Waals surface area contributed by atoms with Crippen LogP contribution in [0.2, 0.25) is 0 Å². The molecule has 2 aromatic rings. The molecule has 1 aromatic heterocycles. The summed E-state index contributed by atoms with van der Waals surface area (Å²) in [7, 11) is 0. The Bertz CT molecular complexity index is 640. The van der Waals surface area contributed by atoms with Crippen LogP contribution in [-0.4, -0.2) is 15.7 Å². The summed E-state index contributed by atoms with van der Waals surface area (Å²) in [6.07, 6.45) is 0.998. The number of benzene rings is 1. The van der Waals surface area contributed by atoms with Crippen LogP contribution < -0.4 is 0 Å². The molecule has 106 valence electrons. The summed E-state index contributed by atoms with van der Waals surface area (Å²) >= 11 is 5.93. The second-order valence-electron chi connectivity index (χ2n) is 5.12. The number of ketones is 1. The third-order valence-corrected chi connectivity index (χ3v) is 3.83. The Morgan fingerprint density at radius 1 is 1.30 bits per heavy atom. The Labute approximate surface area is 125 Å². The molecule has 0 fully saturated rings. The molecule has 0 amide bonds. The highest BCUT2D eigenvalue weighted by atomic mass is 35.5. The predicted octanol–water partition coefficient (Wildman–Crippen LogP) is 4.47. The highest BCUT2D eigenvalue weighted by Gasteiger charge is 2.19. The fraction of sp³-hybridized carbons (Fsp3) is 0.353. The number of carbonyl (C=O) groups is 1. The molecule has 0 saturated heterocycles. The highest BCUT2D eigenvalue weighted by molar-refractivity contribution is 6.33. The molecule has 0 bridgehead atoms. The van der Waals surface area contributed by atoms with Crippen LogP contribution in [0.25, 0.3) is 5.69 Å². The van der Waals surface area contributed by atoms with Gasteiger partial charge in [-0.2, -0.15) is 0 Å². The van der Waals surface area contributed by atoms with Crippen LogP contribution in [0, 0.1) is 13.8 Å². The van der Waals surface area contributed by atoms with Crippen molar-refractivity contribution in [3.8, 4) is 5.69 Å². The fourth-order valence-electron chi connectivity index (χ4n) is 2.54. The summed E-state index contributed by atoms with van der Waals surface area (Å²) in [5, 5.41) is -0.495. The zero-order valence-corrected chi connectivity index (χ0v) is 13.2. The van der Waals surface area contributed by atoms with Gasteiger partial charge in [0.2, 0.25) is 0 Å². The molecule has 3 heteroatoms. The van der Waals surface area contributed by atoms with E-state index in [1.165, 1.54) is 5.56 Å². The third-order valence-electron chi connectivity index (χ3n) is 3.63. The van der Waals surface area contributed by atoms with Crippen molar-refractivity contribution >= 4 is 17.4 Å². The van der Waals surface area contributed by atoms with E-state index in [4.69, 9.17) is 11.6 Å². The molecule has 2 nitrogen and oxygen atoms in total.